The van der Waals surface area contributed by atoms with Gasteiger partial charge in [0.1, 0.15) is 0 Å². The van der Waals surface area contributed by atoms with Crippen molar-refractivity contribution >= 4 is 5.65 Å². The number of imidazole rings is 1. The van der Waals surface area contributed by atoms with Gasteiger partial charge >= 0.3 is 0 Å². The molecule has 0 spiro atoms. The summed E-state index contributed by atoms with van der Waals surface area (Å²) >= 11 is 0. The molecule has 1 aliphatic rings. The average Bonchev–Trinajstić information content (AvgIpc) is 2.72. The van der Waals surface area contributed by atoms with Crippen molar-refractivity contribution in [1.82, 2.24) is 19.5 Å². The lowest BCUT2D eigenvalue weighted by Gasteiger charge is -2.35. The number of likely N-dealkylation sites (N-methyl/N-ethyl adjacent to an activating group) is 1. The molecule has 0 bridgehead atoms. The average molecular weight is 245 g/mol. The van der Waals surface area contributed by atoms with E-state index < -0.39 is 0 Å². The van der Waals surface area contributed by atoms with Crippen LogP contribution >= 0.6 is 0 Å². The number of rotatable bonds is 1. The zero-order valence-electron chi connectivity index (χ0n) is 10.9. The van der Waals surface area contributed by atoms with Gasteiger partial charge in [0, 0.05) is 12.6 Å². The monoisotopic (exact) mass is 245 g/mol. The first-order valence-electron chi connectivity index (χ1n) is 6.42. The fraction of sp³-hybridized carbons (Fsp3) is 0.538. The highest BCUT2D eigenvalue weighted by atomic mass is 15.3. The van der Waals surface area contributed by atoms with Crippen LogP contribution in [0.3, 0.4) is 0 Å². The van der Waals surface area contributed by atoms with Crippen LogP contribution in [-0.2, 0) is 0 Å². The standard InChI is InChI=1S/C13H19N5/c1-9-3-6-13-15-7-12(18(13)16-9)11-5-4-10(14)8-17(11)2/h3,6-7,10-11H,4-5,8,14H2,1-2H3. The molecule has 2 atom stereocenters. The summed E-state index contributed by atoms with van der Waals surface area (Å²) in [4.78, 5) is 6.74. The molecule has 0 amide bonds. The number of fused-ring (bicyclic) bond motifs is 1. The summed E-state index contributed by atoms with van der Waals surface area (Å²) in [7, 11) is 2.12. The third kappa shape index (κ3) is 1.89. The molecule has 2 aromatic heterocycles. The molecular formula is C13H19N5. The van der Waals surface area contributed by atoms with Crippen LogP contribution in [0.2, 0.25) is 0 Å². The predicted octanol–water partition coefficient (Wildman–Crippen LogP) is 1.13. The van der Waals surface area contributed by atoms with Crippen LogP contribution in [0.25, 0.3) is 5.65 Å². The van der Waals surface area contributed by atoms with E-state index in [0.29, 0.717) is 12.1 Å². The molecule has 1 saturated heterocycles. The molecule has 1 fully saturated rings. The molecule has 2 unspecified atom stereocenters. The van der Waals surface area contributed by atoms with Crippen LogP contribution in [0.4, 0.5) is 0 Å². The van der Waals surface area contributed by atoms with Gasteiger partial charge in [-0.05, 0) is 38.9 Å². The fourth-order valence-corrected chi connectivity index (χ4v) is 2.76. The van der Waals surface area contributed by atoms with E-state index in [9.17, 15) is 0 Å². The number of hydrogen-bond acceptors (Lipinski definition) is 4. The van der Waals surface area contributed by atoms with Crippen molar-refractivity contribution in [3.63, 3.8) is 0 Å². The predicted molar refractivity (Wildman–Crippen MR) is 70.3 cm³/mol. The maximum absolute atomic E-state index is 6.00. The van der Waals surface area contributed by atoms with E-state index in [1.54, 1.807) is 0 Å². The van der Waals surface area contributed by atoms with E-state index in [1.165, 1.54) is 5.69 Å². The van der Waals surface area contributed by atoms with Gasteiger partial charge in [-0.25, -0.2) is 9.50 Å². The molecule has 2 aromatic rings. The smallest absolute Gasteiger partial charge is 0.153 e. The van der Waals surface area contributed by atoms with Crippen molar-refractivity contribution in [3.05, 3.63) is 29.7 Å². The molecule has 0 saturated carbocycles. The first kappa shape index (κ1) is 11.6. The van der Waals surface area contributed by atoms with Gasteiger partial charge in [0.15, 0.2) is 5.65 Å². The minimum atomic E-state index is 0.292. The van der Waals surface area contributed by atoms with Gasteiger partial charge in [0.25, 0.3) is 0 Å². The van der Waals surface area contributed by atoms with Crippen LogP contribution in [-0.4, -0.2) is 39.1 Å². The highest BCUT2D eigenvalue weighted by Crippen LogP contribution is 2.29. The van der Waals surface area contributed by atoms with Gasteiger partial charge in [-0.2, -0.15) is 5.10 Å². The van der Waals surface area contributed by atoms with Crippen LogP contribution in [0.15, 0.2) is 18.3 Å². The quantitative estimate of drug-likeness (QED) is 0.818. The van der Waals surface area contributed by atoms with Gasteiger partial charge in [-0.3, -0.25) is 4.90 Å². The van der Waals surface area contributed by atoms with Gasteiger partial charge in [0.05, 0.1) is 23.6 Å². The molecule has 3 heterocycles. The van der Waals surface area contributed by atoms with Crippen molar-refractivity contribution in [2.45, 2.75) is 31.8 Å². The molecule has 18 heavy (non-hydrogen) atoms. The number of aromatic nitrogens is 3. The van der Waals surface area contributed by atoms with Gasteiger partial charge in [-0.15, -0.1) is 0 Å². The lowest BCUT2D eigenvalue weighted by molar-refractivity contribution is 0.164. The first-order valence-corrected chi connectivity index (χ1v) is 6.42. The maximum atomic E-state index is 6.00. The number of aryl methyl sites for hydroxylation is 1. The summed E-state index contributed by atoms with van der Waals surface area (Å²) in [6.45, 7) is 2.94. The Hall–Kier alpha value is -1.46. The summed E-state index contributed by atoms with van der Waals surface area (Å²) in [6, 6.07) is 4.67. The van der Waals surface area contributed by atoms with Crippen molar-refractivity contribution in [1.29, 1.82) is 0 Å². The summed E-state index contributed by atoms with van der Waals surface area (Å²) in [5.74, 6) is 0. The Morgan fingerprint density at radius 2 is 2.17 bits per heavy atom. The number of hydrogen-bond donors (Lipinski definition) is 1. The molecule has 2 N–H and O–H groups in total. The Labute approximate surface area is 107 Å². The van der Waals surface area contributed by atoms with E-state index in [4.69, 9.17) is 5.73 Å². The van der Waals surface area contributed by atoms with E-state index >= 15 is 0 Å². The summed E-state index contributed by atoms with van der Waals surface area (Å²) in [6.07, 6.45) is 4.08. The molecular weight excluding hydrogens is 226 g/mol. The SMILES string of the molecule is Cc1ccc2ncc(C3CCC(N)CN3C)n2n1. The third-order valence-corrected chi connectivity index (χ3v) is 3.73. The Bertz CT molecular complexity index is 562. The highest BCUT2D eigenvalue weighted by Gasteiger charge is 2.27. The maximum Gasteiger partial charge on any atom is 0.153 e. The Morgan fingerprint density at radius 3 is 2.94 bits per heavy atom. The van der Waals surface area contributed by atoms with Crippen LogP contribution in [0, 0.1) is 6.92 Å². The van der Waals surface area contributed by atoms with Gasteiger partial charge < -0.3 is 5.73 Å². The summed E-state index contributed by atoms with van der Waals surface area (Å²) in [5.41, 5.74) is 9.09. The second-order valence-corrected chi connectivity index (χ2v) is 5.22. The van der Waals surface area contributed by atoms with Gasteiger partial charge in [0.2, 0.25) is 0 Å². The Balaban J connectivity index is 2.01. The van der Waals surface area contributed by atoms with Crippen molar-refractivity contribution in [2.24, 2.45) is 5.73 Å². The van der Waals surface area contributed by atoms with Crippen molar-refractivity contribution in [2.75, 3.05) is 13.6 Å². The molecule has 0 aromatic carbocycles. The van der Waals surface area contributed by atoms with Crippen molar-refractivity contribution in [3.8, 4) is 0 Å². The molecule has 5 nitrogen and oxygen atoms in total. The minimum Gasteiger partial charge on any atom is -0.327 e. The van der Waals surface area contributed by atoms with Gasteiger partial charge in [-0.1, -0.05) is 0 Å². The Kier molecular flexibility index (Phi) is 2.80. The third-order valence-electron chi connectivity index (χ3n) is 3.73. The number of nitrogens with two attached hydrogens (primary N) is 1. The molecule has 1 aliphatic heterocycles. The summed E-state index contributed by atoms with van der Waals surface area (Å²) < 4.78 is 1.97. The van der Waals surface area contributed by atoms with E-state index in [0.717, 1.165) is 30.7 Å². The summed E-state index contributed by atoms with van der Waals surface area (Å²) in [5, 5.41) is 4.56. The molecule has 3 rings (SSSR count). The second-order valence-electron chi connectivity index (χ2n) is 5.22. The largest absolute Gasteiger partial charge is 0.327 e. The number of nitrogens with zero attached hydrogens (tertiary/aromatic N) is 4. The molecule has 96 valence electrons. The molecule has 5 heteroatoms. The molecule has 0 aliphatic carbocycles. The normalized spacial score (nSPS) is 25.7. The minimum absolute atomic E-state index is 0.292. The van der Waals surface area contributed by atoms with Crippen molar-refractivity contribution < 1.29 is 0 Å². The zero-order valence-corrected chi connectivity index (χ0v) is 10.9. The highest BCUT2D eigenvalue weighted by molar-refractivity contribution is 5.39. The lowest BCUT2D eigenvalue weighted by Crippen LogP contribution is -2.42. The number of likely N-dealkylation sites (tertiary alicyclic amines) is 1. The van der Waals surface area contributed by atoms with Crippen LogP contribution in [0.5, 0.6) is 0 Å². The van der Waals surface area contributed by atoms with E-state index in [2.05, 4.69) is 22.0 Å². The van der Waals surface area contributed by atoms with E-state index in [1.807, 2.05) is 29.8 Å². The first-order chi connectivity index (χ1) is 8.65. The Morgan fingerprint density at radius 1 is 1.33 bits per heavy atom. The fourth-order valence-electron chi connectivity index (χ4n) is 2.76. The van der Waals surface area contributed by atoms with E-state index in [-0.39, 0.29) is 0 Å². The van der Waals surface area contributed by atoms with Crippen LogP contribution in [0.1, 0.15) is 30.3 Å². The number of piperidine rings is 1. The topological polar surface area (TPSA) is 59.5 Å². The second kappa shape index (κ2) is 4.33. The zero-order chi connectivity index (χ0) is 12.7. The lowest BCUT2D eigenvalue weighted by atomic mass is 9.97. The molecule has 0 radical (unpaired) electrons. The van der Waals surface area contributed by atoms with Crippen LogP contribution < -0.4 is 5.73 Å².